The quantitative estimate of drug-likeness (QED) is 0.678. The second-order valence-electron chi connectivity index (χ2n) is 3.87. The summed E-state index contributed by atoms with van der Waals surface area (Å²) in [5, 5.41) is 0. The Hall–Kier alpha value is -1.64. The monoisotopic (exact) mass is 217 g/mol. The van der Waals surface area contributed by atoms with Crippen molar-refractivity contribution in [3.8, 4) is 0 Å². The van der Waals surface area contributed by atoms with Gasteiger partial charge in [0.05, 0.1) is 18.7 Å². The Bertz CT molecular complexity index is 437. The molecular formula is C13H15NO2. The number of aromatic nitrogens is 1. The van der Waals surface area contributed by atoms with E-state index in [4.69, 9.17) is 4.74 Å². The molecule has 0 spiro atoms. The van der Waals surface area contributed by atoms with Gasteiger partial charge in [-0.05, 0) is 37.0 Å². The zero-order valence-electron chi connectivity index (χ0n) is 9.56. The SMILES string of the molecule is C/C=C1\CCC(C(=O)OC)c2cccnc21. The molecule has 84 valence electrons. The third-order valence-corrected chi connectivity index (χ3v) is 3.06. The Morgan fingerprint density at radius 3 is 3.12 bits per heavy atom. The molecule has 0 fully saturated rings. The molecule has 1 aromatic heterocycles. The Labute approximate surface area is 95.2 Å². The molecule has 0 aromatic carbocycles. The number of hydrogen-bond donors (Lipinski definition) is 0. The minimum absolute atomic E-state index is 0.155. The van der Waals surface area contributed by atoms with Crippen LogP contribution < -0.4 is 0 Å². The van der Waals surface area contributed by atoms with Crippen LogP contribution in [0.5, 0.6) is 0 Å². The largest absolute Gasteiger partial charge is 0.469 e. The molecule has 16 heavy (non-hydrogen) atoms. The molecule has 0 saturated heterocycles. The Balaban J connectivity index is 2.47. The third-order valence-electron chi connectivity index (χ3n) is 3.06. The molecular weight excluding hydrogens is 202 g/mol. The molecule has 0 saturated carbocycles. The highest BCUT2D eigenvalue weighted by Crippen LogP contribution is 2.37. The number of hydrogen-bond acceptors (Lipinski definition) is 3. The van der Waals surface area contributed by atoms with Gasteiger partial charge < -0.3 is 4.74 Å². The molecule has 3 nitrogen and oxygen atoms in total. The predicted molar refractivity (Wildman–Crippen MR) is 61.9 cm³/mol. The van der Waals surface area contributed by atoms with Crippen molar-refractivity contribution in [2.75, 3.05) is 7.11 Å². The summed E-state index contributed by atoms with van der Waals surface area (Å²) in [5.74, 6) is -0.318. The first kappa shape index (κ1) is 10.9. The van der Waals surface area contributed by atoms with Crippen molar-refractivity contribution in [3.63, 3.8) is 0 Å². The van der Waals surface area contributed by atoms with Gasteiger partial charge in [-0.3, -0.25) is 9.78 Å². The van der Waals surface area contributed by atoms with Gasteiger partial charge in [0.25, 0.3) is 0 Å². The Morgan fingerprint density at radius 1 is 1.62 bits per heavy atom. The molecule has 2 rings (SSSR count). The number of ether oxygens (including phenoxy) is 1. The molecule has 1 aliphatic rings. The summed E-state index contributed by atoms with van der Waals surface area (Å²) in [6.45, 7) is 2.01. The minimum atomic E-state index is -0.163. The molecule has 1 atom stereocenters. The average molecular weight is 217 g/mol. The first-order valence-corrected chi connectivity index (χ1v) is 5.46. The first-order chi connectivity index (χ1) is 7.77. The molecule has 0 amide bonds. The van der Waals surface area contributed by atoms with Crippen LogP contribution in [0.3, 0.4) is 0 Å². The van der Waals surface area contributed by atoms with Crippen LogP contribution >= 0.6 is 0 Å². The number of fused-ring (bicyclic) bond motifs is 1. The average Bonchev–Trinajstić information content (AvgIpc) is 2.36. The van der Waals surface area contributed by atoms with E-state index in [-0.39, 0.29) is 11.9 Å². The summed E-state index contributed by atoms with van der Waals surface area (Å²) in [6.07, 6.45) is 5.53. The Morgan fingerprint density at radius 2 is 2.44 bits per heavy atom. The fraction of sp³-hybridized carbons (Fsp3) is 0.385. The second-order valence-corrected chi connectivity index (χ2v) is 3.87. The van der Waals surface area contributed by atoms with Gasteiger partial charge in [0.1, 0.15) is 0 Å². The van der Waals surface area contributed by atoms with E-state index in [0.29, 0.717) is 0 Å². The van der Waals surface area contributed by atoms with Crippen LogP contribution in [0.2, 0.25) is 0 Å². The zero-order valence-corrected chi connectivity index (χ0v) is 9.56. The summed E-state index contributed by atoms with van der Waals surface area (Å²) >= 11 is 0. The lowest BCUT2D eigenvalue weighted by atomic mass is 9.83. The van der Waals surface area contributed by atoms with E-state index >= 15 is 0 Å². The lowest BCUT2D eigenvalue weighted by molar-refractivity contribution is -0.142. The molecule has 1 aromatic rings. The normalized spacial score (nSPS) is 21.6. The molecule has 1 heterocycles. The highest BCUT2D eigenvalue weighted by molar-refractivity contribution is 5.82. The van der Waals surface area contributed by atoms with Crippen molar-refractivity contribution < 1.29 is 9.53 Å². The summed E-state index contributed by atoms with van der Waals surface area (Å²) < 4.78 is 4.83. The van der Waals surface area contributed by atoms with E-state index in [1.807, 2.05) is 19.1 Å². The number of esters is 1. The maximum atomic E-state index is 11.7. The van der Waals surface area contributed by atoms with Crippen molar-refractivity contribution >= 4 is 11.5 Å². The van der Waals surface area contributed by atoms with Crippen LogP contribution in [0.4, 0.5) is 0 Å². The van der Waals surface area contributed by atoms with Crippen LogP contribution in [-0.4, -0.2) is 18.1 Å². The maximum absolute atomic E-state index is 11.7. The smallest absolute Gasteiger partial charge is 0.313 e. The van der Waals surface area contributed by atoms with E-state index in [0.717, 1.165) is 24.1 Å². The minimum Gasteiger partial charge on any atom is -0.469 e. The first-order valence-electron chi connectivity index (χ1n) is 5.46. The zero-order chi connectivity index (χ0) is 11.5. The summed E-state index contributed by atoms with van der Waals surface area (Å²) in [5.41, 5.74) is 3.16. The topological polar surface area (TPSA) is 39.2 Å². The van der Waals surface area contributed by atoms with E-state index in [1.54, 1.807) is 6.20 Å². The predicted octanol–water partition coefficient (Wildman–Crippen LogP) is 2.54. The van der Waals surface area contributed by atoms with E-state index in [1.165, 1.54) is 12.7 Å². The van der Waals surface area contributed by atoms with Crippen LogP contribution in [0.1, 0.15) is 36.9 Å². The number of nitrogens with zero attached hydrogens (tertiary/aromatic N) is 1. The van der Waals surface area contributed by atoms with Gasteiger partial charge in [-0.25, -0.2) is 0 Å². The highest BCUT2D eigenvalue weighted by Gasteiger charge is 2.29. The van der Waals surface area contributed by atoms with Crippen molar-refractivity contribution in [2.45, 2.75) is 25.7 Å². The number of carbonyl (C=O) groups is 1. The van der Waals surface area contributed by atoms with Crippen LogP contribution in [0.25, 0.3) is 5.57 Å². The summed E-state index contributed by atoms with van der Waals surface area (Å²) in [7, 11) is 1.43. The van der Waals surface area contributed by atoms with Crippen molar-refractivity contribution in [1.29, 1.82) is 0 Å². The lowest BCUT2D eigenvalue weighted by Crippen LogP contribution is -2.20. The molecule has 1 aliphatic carbocycles. The van der Waals surface area contributed by atoms with Crippen LogP contribution in [0, 0.1) is 0 Å². The van der Waals surface area contributed by atoms with Gasteiger partial charge in [-0.15, -0.1) is 0 Å². The van der Waals surface area contributed by atoms with Crippen LogP contribution in [-0.2, 0) is 9.53 Å². The number of pyridine rings is 1. The van der Waals surface area contributed by atoms with Gasteiger partial charge in [0.2, 0.25) is 0 Å². The van der Waals surface area contributed by atoms with Gasteiger partial charge in [-0.1, -0.05) is 12.1 Å². The molecule has 0 aliphatic heterocycles. The van der Waals surface area contributed by atoms with E-state index < -0.39 is 0 Å². The number of rotatable bonds is 1. The molecule has 1 unspecified atom stereocenters. The van der Waals surface area contributed by atoms with Gasteiger partial charge in [-0.2, -0.15) is 0 Å². The molecule has 0 N–H and O–H groups in total. The van der Waals surface area contributed by atoms with E-state index in [9.17, 15) is 4.79 Å². The molecule has 0 bridgehead atoms. The maximum Gasteiger partial charge on any atom is 0.313 e. The highest BCUT2D eigenvalue weighted by atomic mass is 16.5. The fourth-order valence-electron chi connectivity index (χ4n) is 2.21. The lowest BCUT2D eigenvalue weighted by Gasteiger charge is -2.24. The second kappa shape index (κ2) is 4.47. The third kappa shape index (κ3) is 1.73. The van der Waals surface area contributed by atoms with Crippen molar-refractivity contribution in [3.05, 3.63) is 35.7 Å². The van der Waals surface area contributed by atoms with Crippen LogP contribution in [0.15, 0.2) is 24.4 Å². The summed E-state index contributed by atoms with van der Waals surface area (Å²) in [6, 6.07) is 3.83. The van der Waals surface area contributed by atoms with Crippen molar-refractivity contribution in [2.24, 2.45) is 0 Å². The Kier molecular flexibility index (Phi) is 3.04. The van der Waals surface area contributed by atoms with Gasteiger partial charge in [0.15, 0.2) is 0 Å². The number of methoxy groups -OCH3 is 1. The number of carbonyl (C=O) groups excluding carboxylic acids is 1. The summed E-state index contributed by atoms with van der Waals surface area (Å²) in [4.78, 5) is 16.0. The van der Waals surface area contributed by atoms with Gasteiger partial charge in [0, 0.05) is 6.20 Å². The van der Waals surface area contributed by atoms with E-state index in [2.05, 4.69) is 11.1 Å². The molecule has 0 radical (unpaired) electrons. The standard InChI is InChI=1S/C13H15NO2/c1-3-9-6-7-11(13(15)16-2)10-5-4-8-14-12(9)10/h3-5,8,11H,6-7H2,1-2H3/b9-3+. The van der Waals surface area contributed by atoms with Gasteiger partial charge >= 0.3 is 5.97 Å². The van der Waals surface area contributed by atoms with Crippen molar-refractivity contribution in [1.82, 2.24) is 4.98 Å². The number of allylic oxidation sites excluding steroid dienone is 2. The molecule has 3 heteroatoms. The fourth-order valence-corrected chi connectivity index (χ4v) is 2.21.